The number of hydrogen-bond acceptors (Lipinski definition) is 8. The second-order valence-electron chi connectivity index (χ2n) is 15.5. The summed E-state index contributed by atoms with van der Waals surface area (Å²) in [5.74, 6) is -3.33. The predicted molar refractivity (Wildman–Crippen MR) is 187 cm³/mol. The van der Waals surface area contributed by atoms with Gasteiger partial charge in [0, 0.05) is 25.0 Å². The molecule has 2 heterocycles. The highest BCUT2D eigenvalue weighted by Gasteiger charge is 2.52. The Balaban J connectivity index is 1.57. The molecule has 50 heavy (non-hydrogen) atoms. The molecular weight excluding hydrogens is 638 g/mol. The lowest BCUT2D eigenvalue weighted by molar-refractivity contribution is -0.146. The van der Waals surface area contributed by atoms with Gasteiger partial charge in [0.05, 0.1) is 12.2 Å². The van der Waals surface area contributed by atoms with E-state index in [0.717, 1.165) is 51.4 Å². The zero-order valence-corrected chi connectivity index (χ0v) is 30.6. The molecule has 1 unspecified atom stereocenters. The lowest BCUT2D eigenvalue weighted by Gasteiger charge is -2.38. The number of nitrogens with zero attached hydrogens (tertiary/aromatic N) is 3. The van der Waals surface area contributed by atoms with Crippen LogP contribution in [-0.4, -0.2) is 86.9 Å². The molecule has 1 aromatic rings. The van der Waals surface area contributed by atoms with E-state index in [-0.39, 0.29) is 41.8 Å². The van der Waals surface area contributed by atoms with Crippen LogP contribution in [0.15, 0.2) is 18.6 Å². The van der Waals surface area contributed by atoms with Crippen LogP contribution in [0.25, 0.3) is 0 Å². The van der Waals surface area contributed by atoms with E-state index >= 15 is 0 Å². The second-order valence-corrected chi connectivity index (χ2v) is 15.5. The summed E-state index contributed by atoms with van der Waals surface area (Å²) in [6.45, 7) is 11.5. The van der Waals surface area contributed by atoms with Gasteiger partial charge in [-0.05, 0) is 68.6 Å². The lowest BCUT2D eigenvalue weighted by Crippen LogP contribution is -2.62. The summed E-state index contributed by atoms with van der Waals surface area (Å²) in [5.41, 5.74) is -0.647. The minimum absolute atomic E-state index is 0.0946. The molecule has 13 heteroatoms. The molecule has 3 aliphatic rings. The van der Waals surface area contributed by atoms with Crippen molar-refractivity contribution in [2.75, 3.05) is 6.54 Å². The summed E-state index contributed by atoms with van der Waals surface area (Å²) in [5, 5.41) is 11.5. The zero-order chi connectivity index (χ0) is 36.6. The topological polar surface area (TPSA) is 180 Å². The first-order valence-corrected chi connectivity index (χ1v) is 18.6. The van der Waals surface area contributed by atoms with Gasteiger partial charge in [-0.2, -0.15) is 0 Å². The number of aromatic nitrogens is 2. The van der Waals surface area contributed by atoms with Gasteiger partial charge in [-0.1, -0.05) is 66.7 Å². The Hall–Kier alpha value is -3.90. The van der Waals surface area contributed by atoms with Gasteiger partial charge in [0.25, 0.3) is 11.8 Å². The van der Waals surface area contributed by atoms with Gasteiger partial charge in [0.2, 0.25) is 23.5 Å². The average molecular weight is 696 g/mol. The third kappa shape index (κ3) is 9.45. The van der Waals surface area contributed by atoms with E-state index in [4.69, 9.17) is 0 Å². The molecule has 0 radical (unpaired) electrons. The van der Waals surface area contributed by atoms with Crippen LogP contribution in [-0.2, 0) is 24.0 Å². The number of nitrogens with one attached hydrogen (secondary N) is 4. The molecule has 5 amide bonds. The van der Waals surface area contributed by atoms with Gasteiger partial charge < -0.3 is 26.2 Å². The van der Waals surface area contributed by atoms with Crippen LogP contribution in [0.1, 0.15) is 123 Å². The molecule has 4 N–H and O–H groups in total. The summed E-state index contributed by atoms with van der Waals surface area (Å²) in [6.07, 6.45) is 12.8. The van der Waals surface area contributed by atoms with E-state index in [1.165, 1.54) is 18.6 Å². The molecule has 1 aromatic heterocycles. The molecule has 2 aliphatic carbocycles. The molecule has 13 nitrogen and oxygen atoms in total. The largest absolute Gasteiger partial charge is 0.347 e. The van der Waals surface area contributed by atoms with Gasteiger partial charge in [-0.3, -0.25) is 33.8 Å². The van der Waals surface area contributed by atoms with Crippen LogP contribution in [0.4, 0.5) is 0 Å². The van der Waals surface area contributed by atoms with Crippen molar-refractivity contribution in [3.63, 3.8) is 0 Å². The smallest absolute Gasteiger partial charge is 0.289 e. The third-order valence-corrected chi connectivity index (χ3v) is 10.8. The number of fused-ring (bicyclic) bond motifs is 1. The summed E-state index contributed by atoms with van der Waals surface area (Å²) in [4.78, 5) is 91.7. The third-order valence-electron chi connectivity index (χ3n) is 10.8. The first kappa shape index (κ1) is 38.9. The second kappa shape index (κ2) is 17.4. The van der Waals surface area contributed by atoms with Crippen molar-refractivity contribution in [2.24, 2.45) is 23.2 Å². The summed E-state index contributed by atoms with van der Waals surface area (Å²) in [7, 11) is 0. The number of hydrogen-bond donors (Lipinski definition) is 4. The fraction of sp³-hybridized carbons (Fsp3) is 0.730. The molecule has 0 spiro atoms. The first-order valence-electron chi connectivity index (χ1n) is 18.6. The van der Waals surface area contributed by atoms with Crippen molar-refractivity contribution in [3.8, 4) is 0 Å². The van der Waals surface area contributed by atoms with Gasteiger partial charge >= 0.3 is 0 Å². The Labute approximate surface area is 296 Å². The van der Waals surface area contributed by atoms with Gasteiger partial charge in [-0.25, -0.2) is 4.98 Å². The monoisotopic (exact) mass is 695 g/mol. The Morgan fingerprint density at radius 1 is 0.900 bits per heavy atom. The van der Waals surface area contributed by atoms with Crippen LogP contribution >= 0.6 is 0 Å². The minimum atomic E-state index is -1.01. The number of amides is 5. The normalized spacial score (nSPS) is 23.2. The van der Waals surface area contributed by atoms with E-state index < -0.39 is 59.0 Å². The molecule has 2 saturated carbocycles. The van der Waals surface area contributed by atoms with Crippen LogP contribution in [0, 0.1) is 23.2 Å². The molecule has 7 atom stereocenters. The first-order chi connectivity index (χ1) is 23.8. The molecule has 4 rings (SSSR count). The van der Waals surface area contributed by atoms with Gasteiger partial charge in [-0.15, -0.1) is 0 Å². The Kier molecular flexibility index (Phi) is 13.5. The highest BCUT2D eigenvalue weighted by atomic mass is 16.2. The standard InChI is InChI=1S/C37H57N7O6/c1-7-13-26(30(45)35(49)40-22(3)8-2)41-34(48)29-25-17-12-16-24(25)21-44(29)36(50)31(37(4,5)6)43-33(47)28(23-14-10-9-11-15-23)42-32(46)27-20-38-18-19-39-27/h18-20,22-26,28-29,31H,7-17,21H2,1-6H3,(H,40,49)(H,41,48)(H,42,46)(H,43,47)/t22-,24-,25-,26?,28-,29-,31+/m0/s1. The van der Waals surface area contributed by atoms with E-state index in [2.05, 4.69) is 31.2 Å². The molecular formula is C37H57N7O6. The number of rotatable bonds is 14. The average Bonchev–Trinajstić information content (AvgIpc) is 3.70. The molecule has 3 fully saturated rings. The van der Waals surface area contributed by atoms with Crippen molar-refractivity contribution in [2.45, 2.75) is 142 Å². The maximum absolute atomic E-state index is 14.6. The van der Waals surface area contributed by atoms with Gasteiger partial charge in [0.1, 0.15) is 23.8 Å². The molecule has 276 valence electrons. The zero-order valence-electron chi connectivity index (χ0n) is 30.6. The minimum Gasteiger partial charge on any atom is -0.347 e. The fourth-order valence-corrected chi connectivity index (χ4v) is 7.78. The van der Waals surface area contributed by atoms with Gasteiger partial charge in [0.15, 0.2) is 0 Å². The summed E-state index contributed by atoms with van der Waals surface area (Å²) >= 11 is 0. The van der Waals surface area contributed by atoms with E-state index in [9.17, 15) is 28.8 Å². The number of likely N-dealkylation sites (tertiary alicyclic amines) is 1. The van der Waals surface area contributed by atoms with Crippen molar-refractivity contribution >= 4 is 35.3 Å². The SMILES string of the molecule is CCCC(NC(=O)[C@@H]1[C@H]2CCC[C@H]2CN1C(=O)[C@@H](NC(=O)[C@@H](NC(=O)c1cnccn1)C1CCCCC1)C(C)(C)C)C(=O)C(=O)N[C@@H](C)CC. The number of ketones is 1. The van der Waals surface area contributed by atoms with Crippen molar-refractivity contribution in [3.05, 3.63) is 24.3 Å². The Morgan fingerprint density at radius 2 is 1.62 bits per heavy atom. The molecule has 1 saturated heterocycles. The van der Waals surface area contributed by atoms with E-state index in [1.54, 1.807) is 4.90 Å². The maximum atomic E-state index is 14.6. The predicted octanol–water partition coefficient (Wildman–Crippen LogP) is 3.08. The lowest BCUT2D eigenvalue weighted by atomic mass is 9.82. The Morgan fingerprint density at radius 3 is 2.24 bits per heavy atom. The molecule has 1 aliphatic heterocycles. The van der Waals surface area contributed by atoms with Crippen LogP contribution in [0.3, 0.4) is 0 Å². The number of carbonyl (C=O) groups is 6. The van der Waals surface area contributed by atoms with Crippen molar-refractivity contribution in [1.29, 1.82) is 0 Å². The van der Waals surface area contributed by atoms with E-state index in [0.29, 0.717) is 19.4 Å². The molecule has 0 aromatic carbocycles. The molecule has 0 bridgehead atoms. The fourth-order valence-electron chi connectivity index (χ4n) is 7.78. The van der Waals surface area contributed by atoms with Crippen molar-refractivity contribution < 1.29 is 28.8 Å². The highest BCUT2D eigenvalue weighted by Crippen LogP contribution is 2.43. The maximum Gasteiger partial charge on any atom is 0.289 e. The van der Waals surface area contributed by atoms with Crippen LogP contribution in [0.5, 0.6) is 0 Å². The van der Waals surface area contributed by atoms with Crippen molar-refractivity contribution in [1.82, 2.24) is 36.1 Å². The van der Waals surface area contributed by atoms with E-state index in [1.807, 2.05) is 41.5 Å². The van der Waals surface area contributed by atoms with Crippen LogP contribution < -0.4 is 21.3 Å². The van der Waals surface area contributed by atoms with Crippen LogP contribution in [0.2, 0.25) is 0 Å². The quantitative estimate of drug-likeness (QED) is 0.215. The number of carbonyl (C=O) groups excluding carboxylic acids is 6. The number of Topliss-reactive ketones (excluding diaryl/α,β-unsaturated/α-hetero) is 1. The summed E-state index contributed by atoms with van der Waals surface area (Å²) in [6, 6.07) is -3.93. The highest BCUT2D eigenvalue weighted by molar-refractivity contribution is 6.38. The Bertz CT molecular complexity index is 1380. The summed E-state index contributed by atoms with van der Waals surface area (Å²) < 4.78 is 0.